The molecule has 10 heteroatoms. The Balaban J connectivity index is 1.27. The number of hydrogen-bond donors (Lipinski definition) is 0. The van der Waals surface area contributed by atoms with Gasteiger partial charge in [-0.3, -0.25) is 9.59 Å². The Morgan fingerprint density at radius 2 is 1.87 bits per heavy atom. The minimum absolute atomic E-state index is 0.00177. The number of benzene rings is 1. The second kappa shape index (κ2) is 9.16. The molecule has 1 fully saturated rings. The van der Waals surface area contributed by atoms with Crippen molar-refractivity contribution in [2.45, 2.75) is 12.8 Å². The smallest absolute Gasteiger partial charge is 0.255 e. The largest absolute Gasteiger partial charge is 0.339 e. The Morgan fingerprint density at radius 1 is 1.10 bits per heavy atom. The fraction of sp³-hybridized carbons (Fsp3) is 0.300. The summed E-state index contributed by atoms with van der Waals surface area (Å²) in [5.74, 6) is 0.819. The SMILES string of the molecule is O=C(CCc1nc(-c2ccsc2)no1)N1CCN(C(=O)c2ccc(Cl)cc2Cl)CC1. The third-order valence-electron chi connectivity index (χ3n) is 4.88. The van der Waals surface area contributed by atoms with Gasteiger partial charge in [0.1, 0.15) is 0 Å². The van der Waals surface area contributed by atoms with E-state index in [1.807, 2.05) is 16.8 Å². The van der Waals surface area contributed by atoms with Crippen LogP contribution in [0, 0.1) is 0 Å². The minimum atomic E-state index is -0.157. The minimum Gasteiger partial charge on any atom is -0.339 e. The van der Waals surface area contributed by atoms with Crippen LogP contribution in [0.25, 0.3) is 11.4 Å². The second-order valence-electron chi connectivity index (χ2n) is 6.82. The molecule has 0 saturated carbocycles. The van der Waals surface area contributed by atoms with E-state index in [1.165, 1.54) is 0 Å². The molecule has 0 radical (unpaired) electrons. The molecule has 156 valence electrons. The third-order valence-corrected chi connectivity index (χ3v) is 6.11. The first kappa shape index (κ1) is 20.8. The highest BCUT2D eigenvalue weighted by atomic mass is 35.5. The molecule has 7 nitrogen and oxygen atoms in total. The highest BCUT2D eigenvalue weighted by molar-refractivity contribution is 7.08. The quantitative estimate of drug-likeness (QED) is 0.569. The van der Waals surface area contributed by atoms with Gasteiger partial charge in [-0.1, -0.05) is 28.4 Å². The van der Waals surface area contributed by atoms with E-state index >= 15 is 0 Å². The maximum atomic E-state index is 12.7. The molecule has 2 amide bonds. The number of amides is 2. The van der Waals surface area contributed by atoms with E-state index in [1.54, 1.807) is 39.3 Å². The first-order valence-electron chi connectivity index (χ1n) is 9.38. The number of rotatable bonds is 5. The van der Waals surface area contributed by atoms with Crippen LogP contribution in [0.3, 0.4) is 0 Å². The lowest BCUT2D eigenvalue weighted by atomic mass is 10.1. The summed E-state index contributed by atoms with van der Waals surface area (Å²) in [5.41, 5.74) is 1.32. The van der Waals surface area contributed by atoms with Crippen molar-refractivity contribution in [2.24, 2.45) is 0 Å². The third kappa shape index (κ3) is 4.66. The first-order valence-corrected chi connectivity index (χ1v) is 11.1. The van der Waals surface area contributed by atoms with Gasteiger partial charge in [0.15, 0.2) is 0 Å². The van der Waals surface area contributed by atoms with Crippen LogP contribution in [0.4, 0.5) is 0 Å². The zero-order valence-corrected chi connectivity index (χ0v) is 18.2. The number of hydrogen-bond acceptors (Lipinski definition) is 6. The van der Waals surface area contributed by atoms with Gasteiger partial charge in [-0.15, -0.1) is 0 Å². The Labute approximate surface area is 187 Å². The van der Waals surface area contributed by atoms with E-state index in [9.17, 15) is 9.59 Å². The zero-order chi connectivity index (χ0) is 21.1. The van der Waals surface area contributed by atoms with Gasteiger partial charge >= 0.3 is 0 Å². The summed E-state index contributed by atoms with van der Waals surface area (Å²) >= 11 is 13.6. The van der Waals surface area contributed by atoms with Gasteiger partial charge in [0.2, 0.25) is 17.6 Å². The predicted molar refractivity (Wildman–Crippen MR) is 115 cm³/mol. The molecule has 0 aliphatic carbocycles. The first-order chi connectivity index (χ1) is 14.5. The summed E-state index contributed by atoms with van der Waals surface area (Å²) < 4.78 is 5.24. The summed E-state index contributed by atoms with van der Waals surface area (Å²) in [6.07, 6.45) is 0.664. The molecular weight excluding hydrogens is 447 g/mol. The number of thiophene rings is 1. The number of nitrogens with zero attached hydrogens (tertiary/aromatic N) is 4. The van der Waals surface area contributed by atoms with Crippen LogP contribution in [-0.4, -0.2) is 57.9 Å². The second-order valence-corrected chi connectivity index (χ2v) is 8.44. The molecule has 0 unspecified atom stereocenters. The maximum absolute atomic E-state index is 12.7. The van der Waals surface area contributed by atoms with E-state index in [0.717, 1.165) is 5.56 Å². The van der Waals surface area contributed by atoms with E-state index in [-0.39, 0.29) is 18.2 Å². The van der Waals surface area contributed by atoms with E-state index < -0.39 is 0 Å². The van der Waals surface area contributed by atoms with Crippen molar-refractivity contribution < 1.29 is 14.1 Å². The summed E-state index contributed by atoms with van der Waals surface area (Å²) in [7, 11) is 0. The number of carbonyl (C=O) groups excluding carboxylic acids is 2. The molecule has 1 saturated heterocycles. The zero-order valence-electron chi connectivity index (χ0n) is 15.9. The molecule has 3 aromatic rings. The fourth-order valence-electron chi connectivity index (χ4n) is 3.23. The van der Waals surface area contributed by atoms with Gasteiger partial charge in [-0.05, 0) is 29.6 Å². The van der Waals surface area contributed by atoms with Crippen molar-refractivity contribution in [1.82, 2.24) is 19.9 Å². The van der Waals surface area contributed by atoms with Gasteiger partial charge in [0.25, 0.3) is 5.91 Å². The topological polar surface area (TPSA) is 79.5 Å². The summed E-state index contributed by atoms with van der Waals surface area (Å²) in [6, 6.07) is 6.74. The van der Waals surface area contributed by atoms with Crippen LogP contribution in [0.15, 0.2) is 39.5 Å². The maximum Gasteiger partial charge on any atom is 0.255 e. The highest BCUT2D eigenvalue weighted by Gasteiger charge is 2.26. The van der Waals surface area contributed by atoms with Crippen LogP contribution in [0.1, 0.15) is 22.7 Å². The molecule has 0 N–H and O–H groups in total. The monoisotopic (exact) mass is 464 g/mol. The number of aryl methyl sites for hydroxylation is 1. The molecular formula is C20H18Cl2N4O3S. The normalized spacial score (nSPS) is 14.2. The van der Waals surface area contributed by atoms with Crippen LogP contribution in [0.5, 0.6) is 0 Å². The lowest BCUT2D eigenvalue weighted by Crippen LogP contribution is -2.50. The standard InChI is InChI=1S/C20H18Cl2N4O3S/c21-14-1-2-15(16(22)11-14)20(28)26-8-6-25(7-9-26)18(27)4-3-17-23-19(24-29-17)13-5-10-30-12-13/h1-2,5,10-12H,3-4,6-9H2. The molecule has 0 spiro atoms. The van der Waals surface area contributed by atoms with Crippen molar-refractivity contribution in [3.63, 3.8) is 0 Å². The molecule has 3 heterocycles. The molecule has 1 aliphatic heterocycles. The van der Waals surface area contributed by atoms with Gasteiger partial charge in [0.05, 0.1) is 10.6 Å². The molecule has 0 atom stereocenters. The van der Waals surface area contributed by atoms with Gasteiger partial charge in [-0.2, -0.15) is 16.3 Å². The average Bonchev–Trinajstić information content (AvgIpc) is 3.43. The van der Waals surface area contributed by atoms with E-state index in [4.69, 9.17) is 27.7 Å². The van der Waals surface area contributed by atoms with E-state index in [0.29, 0.717) is 59.9 Å². The Kier molecular flexibility index (Phi) is 6.36. The van der Waals surface area contributed by atoms with Crippen molar-refractivity contribution in [1.29, 1.82) is 0 Å². The molecule has 1 aliphatic rings. The summed E-state index contributed by atoms with van der Waals surface area (Å²) in [6.45, 7) is 1.85. The van der Waals surface area contributed by atoms with Crippen molar-refractivity contribution in [3.8, 4) is 11.4 Å². The fourth-order valence-corrected chi connectivity index (χ4v) is 4.35. The molecule has 1 aromatic carbocycles. The number of carbonyl (C=O) groups is 2. The van der Waals surface area contributed by atoms with Crippen molar-refractivity contribution >= 4 is 46.4 Å². The number of piperazine rings is 1. The Bertz CT molecular complexity index is 1050. The van der Waals surface area contributed by atoms with Crippen LogP contribution in [-0.2, 0) is 11.2 Å². The molecule has 30 heavy (non-hydrogen) atoms. The van der Waals surface area contributed by atoms with Gasteiger partial charge in [0, 0.05) is 55.0 Å². The van der Waals surface area contributed by atoms with Crippen LogP contribution < -0.4 is 0 Å². The van der Waals surface area contributed by atoms with Gasteiger partial charge < -0.3 is 14.3 Å². The lowest BCUT2D eigenvalue weighted by Gasteiger charge is -2.35. The van der Waals surface area contributed by atoms with Crippen LogP contribution in [0.2, 0.25) is 10.0 Å². The van der Waals surface area contributed by atoms with Crippen molar-refractivity contribution in [3.05, 3.63) is 56.5 Å². The lowest BCUT2D eigenvalue weighted by molar-refractivity contribution is -0.132. The highest BCUT2D eigenvalue weighted by Crippen LogP contribution is 2.23. The summed E-state index contributed by atoms with van der Waals surface area (Å²) in [5, 5.41) is 8.65. The predicted octanol–water partition coefficient (Wildman–Crippen LogP) is 4.02. The summed E-state index contributed by atoms with van der Waals surface area (Å²) in [4.78, 5) is 33.0. The molecule has 0 bridgehead atoms. The van der Waals surface area contributed by atoms with Crippen molar-refractivity contribution in [2.75, 3.05) is 26.2 Å². The molecule has 4 rings (SSSR count). The molecule has 2 aromatic heterocycles. The number of halogens is 2. The van der Waals surface area contributed by atoms with Crippen LogP contribution >= 0.6 is 34.5 Å². The Morgan fingerprint density at radius 3 is 2.57 bits per heavy atom. The Hall–Kier alpha value is -2.42. The van der Waals surface area contributed by atoms with Gasteiger partial charge in [-0.25, -0.2) is 0 Å². The number of aromatic nitrogens is 2. The van der Waals surface area contributed by atoms with E-state index in [2.05, 4.69) is 10.1 Å². The average molecular weight is 465 g/mol.